The zero-order valence-corrected chi connectivity index (χ0v) is 7.70. The third-order valence-electron chi connectivity index (χ3n) is 1.91. The van der Waals surface area contributed by atoms with Crippen LogP contribution in [0.3, 0.4) is 0 Å². The fourth-order valence-electron chi connectivity index (χ4n) is 1.35. The van der Waals surface area contributed by atoms with Gasteiger partial charge in [-0.15, -0.1) is 0 Å². The van der Waals surface area contributed by atoms with Gasteiger partial charge in [0.15, 0.2) is 0 Å². The number of hydrogen-bond acceptors (Lipinski definition) is 5. The fraction of sp³-hybridized carbons (Fsp3) is 0.750. The highest BCUT2D eigenvalue weighted by molar-refractivity contribution is 5.76. The Balaban J connectivity index is 2.36. The second-order valence-corrected chi connectivity index (χ2v) is 2.95. The average molecular weight is 187 g/mol. The lowest BCUT2D eigenvalue weighted by molar-refractivity contribution is -0.147. The van der Waals surface area contributed by atoms with Crippen LogP contribution in [0.25, 0.3) is 0 Å². The summed E-state index contributed by atoms with van der Waals surface area (Å²) in [7, 11) is 1.34. The topological polar surface area (TPSA) is 64.6 Å². The number of methoxy groups -OCH3 is 1. The molecule has 13 heavy (non-hydrogen) atoms. The minimum atomic E-state index is -0.339. The second kappa shape index (κ2) is 4.23. The zero-order chi connectivity index (χ0) is 9.84. The number of ether oxygens (including phenoxy) is 2. The van der Waals surface area contributed by atoms with Gasteiger partial charge in [-0.05, 0) is 0 Å². The molecule has 1 rings (SSSR count). The summed E-state index contributed by atoms with van der Waals surface area (Å²) in [6, 6.07) is -0.339. The summed E-state index contributed by atoms with van der Waals surface area (Å²) in [5, 5.41) is 2.91. The molecule has 0 radical (unpaired) electrons. The van der Waals surface area contributed by atoms with Gasteiger partial charge in [0.05, 0.1) is 7.11 Å². The molecule has 0 aromatic rings. The van der Waals surface area contributed by atoms with Crippen LogP contribution in [-0.2, 0) is 19.1 Å². The molecule has 0 unspecified atom stereocenters. The van der Waals surface area contributed by atoms with Gasteiger partial charge in [-0.25, -0.2) is 0 Å². The molecule has 0 aliphatic carbocycles. The molecule has 0 bridgehead atoms. The monoisotopic (exact) mass is 187 g/mol. The maximum Gasteiger partial charge on any atom is 0.323 e. The number of carbonyl (C=O) groups excluding carboxylic acids is 2. The summed E-state index contributed by atoms with van der Waals surface area (Å²) < 4.78 is 9.47. The molecule has 0 aromatic heterocycles. The Labute approximate surface area is 76.4 Å². The molecule has 1 N–H and O–H groups in total. The van der Waals surface area contributed by atoms with Gasteiger partial charge in [0.25, 0.3) is 0 Å². The lowest BCUT2D eigenvalue weighted by Crippen LogP contribution is -2.31. The number of carbonyl (C=O) groups is 2. The van der Waals surface area contributed by atoms with E-state index in [4.69, 9.17) is 4.74 Å². The summed E-state index contributed by atoms with van der Waals surface area (Å²) in [4.78, 5) is 21.6. The fourth-order valence-corrected chi connectivity index (χ4v) is 1.35. The van der Waals surface area contributed by atoms with Crippen molar-refractivity contribution in [3.63, 3.8) is 0 Å². The van der Waals surface area contributed by atoms with Crippen molar-refractivity contribution in [1.29, 1.82) is 0 Å². The highest BCUT2D eigenvalue weighted by Crippen LogP contribution is 2.11. The largest absolute Gasteiger partial charge is 0.468 e. The van der Waals surface area contributed by atoms with Crippen LogP contribution in [0, 0.1) is 0 Å². The van der Waals surface area contributed by atoms with Crippen molar-refractivity contribution in [2.45, 2.75) is 25.5 Å². The van der Waals surface area contributed by atoms with Crippen LogP contribution in [0.4, 0.5) is 0 Å². The van der Waals surface area contributed by atoms with Crippen molar-refractivity contribution in [3.05, 3.63) is 0 Å². The number of esters is 2. The van der Waals surface area contributed by atoms with Crippen LogP contribution >= 0.6 is 0 Å². The highest BCUT2D eigenvalue weighted by Gasteiger charge is 2.31. The van der Waals surface area contributed by atoms with Crippen LogP contribution in [0.2, 0.25) is 0 Å². The van der Waals surface area contributed by atoms with Crippen molar-refractivity contribution in [2.24, 2.45) is 0 Å². The van der Waals surface area contributed by atoms with Gasteiger partial charge in [0.1, 0.15) is 12.1 Å². The Hall–Kier alpha value is -1.10. The number of rotatable bonds is 2. The van der Waals surface area contributed by atoms with Crippen molar-refractivity contribution in [1.82, 2.24) is 5.32 Å². The standard InChI is InChI=1S/C8H13NO4/c1-5(10)13-6-3-7(9-4-6)8(11)12-2/h6-7,9H,3-4H2,1-2H3/t6-,7-/m0/s1. The van der Waals surface area contributed by atoms with Crippen molar-refractivity contribution < 1.29 is 19.1 Å². The van der Waals surface area contributed by atoms with Gasteiger partial charge >= 0.3 is 11.9 Å². The second-order valence-electron chi connectivity index (χ2n) is 2.95. The van der Waals surface area contributed by atoms with Gasteiger partial charge in [-0.1, -0.05) is 0 Å². The van der Waals surface area contributed by atoms with Crippen LogP contribution in [0.5, 0.6) is 0 Å². The van der Waals surface area contributed by atoms with Gasteiger partial charge < -0.3 is 14.8 Å². The summed E-state index contributed by atoms with van der Waals surface area (Å²) in [5.41, 5.74) is 0. The van der Waals surface area contributed by atoms with E-state index in [0.29, 0.717) is 13.0 Å². The molecular weight excluding hydrogens is 174 g/mol. The maximum atomic E-state index is 11.0. The molecule has 1 aliphatic heterocycles. The summed E-state index contributed by atoms with van der Waals surface area (Å²) in [6.07, 6.45) is 0.285. The van der Waals surface area contributed by atoms with E-state index in [9.17, 15) is 9.59 Å². The van der Waals surface area contributed by atoms with E-state index in [1.54, 1.807) is 0 Å². The Morgan fingerprint density at radius 1 is 1.46 bits per heavy atom. The van der Waals surface area contributed by atoms with Crippen molar-refractivity contribution >= 4 is 11.9 Å². The van der Waals surface area contributed by atoms with Gasteiger partial charge in [-0.2, -0.15) is 0 Å². The lowest BCUT2D eigenvalue weighted by atomic mass is 10.2. The normalized spacial score (nSPS) is 26.9. The van der Waals surface area contributed by atoms with E-state index < -0.39 is 0 Å². The molecule has 1 aliphatic rings. The first kappa shape index (κ1) is 9.98. The van der Waals surface area contributed by atoms with E-state index in [2.05, 4.69) is 10.1 Å². The van der Waals surface area contributed by atoms with E-state index in [1.807, 2.05) is 0 Å². The molecular formula is C8H13NO4. The van der Waals surface area contributed by atoms with Gasteiger partial charge in [0.2, 0.25) is 0 Å². The molecule has 2 atom stereocenters. The van der Waals surface area contributed by atoms with E-state index in [-0.39, 0.29) is 24.1 Å². The summed E-state index contributed by atoms with van der Waals surface area (Å²) in [5.74, 6) is -0.632. The van der Waals surface area contributed by atoms with Crippen LogP contribution in [-0.4, -0.2) is 37.7 Å². The summed E-state index contributed by atoms with van der Waals surface area (Å²) >= 11 is 0. The minimum absolute atomic E-state index is 0.207. The molecule has 5 heteroatoms. The first-order valence-corrected chi connectivity index (χ1v) is 4.12. The maximum absolute atomic E-state index is 11.0. The molecule has 74 valence electrons. The Morgan fingerprint density at radius 3 is 2.69 bits per heavy atom. The van der Waals surface area contributed by atoms with Gasteiger partial charge in [-0.3, -0.25) is 9.59 Å². The summed E-state index contributed by atoms with van der Waals surface area (Å²) in [6.45, 7) is 1.87. The minimum Gasteiger partial charge on any atom is -0.468 e. The predicted octanol–water partition coefficient (Wildman–Crippen LogP) is -0.547. The number of hydrogen-bond donors (Lipinski definition) is 1. The molecule has 5 nitrogen and oxygen atoms in total. The quantitative estimate of drug-likeness (QED) is 0.588. The molecule has 0 saturated carbocycles. The van der Waals surface area contributed by atoms with Gasteiger partial charge in [0, 0.05) is 19.9 Å². The van der Waals surface area contributed by atoms with Crippen molar-refractivity contribution in [2.75, 3.05) is 13.7 Å². The highest BCUT2D eigenvalue weighted by atomic mass is 16.5. The van der Waals surface area contributed by atoms with E-state index in [1.165, 1.54) is 14.0 Å². The van der Waals surface area contributed by atoms with E-state index in [0.717, 1.165) is 0 Å². The first-order valence-electron chi connectivity index (χ1n) is 4.12. The Bertz CT molecular complexity index is 216. The Kier molecular flexibility index (Phi) is 3.25. The molecule has 0 spiro atoms. The smallest absolute Gasteiger partial charge is 0.323 e. The molecule has 0 aromatic carbocycles. The van der Waals surface area contributed by atoms with Crippen LogP contribution in [0.1, 0.15) is 13.3 Å². The predicted molar refractivity (Wildman–Crippen MR) is 44.0 cm³/mol. The number of nitrogens with one attached hydrogen (secondary N) is 1. The van der Waals surface area contributed by atoms with Crippen molar-refractivity contribution in [3.8, 4) is 0 Å². The Morgan fingerprint density at radius 2 is 2.15 bits per heavy atom. The first-order chi connectivity index (χ1) is 6.13. The lowest BCUT2D eigenvalue weighted by Gasteiger charge is -2.08. The third-order valence-corrected chi connectivity index (χ3v) is 1.91. The average Bonchev–Trinajstić information content (AvgIpc) is 2.50. The third kappa shape index (κ3) is 2.69. The molecule has 1 heterocycles. The van der Waals surface area contributed by atoms with E-state index >= 15 is 0 Å². The molecule has 1 saturated heterocycles. The molecule has 0 amide bonds. The molecule has 1 fully saturated rings. The van der Waals surface area contributed by atoms with Crippen LogP contribution < -0.4 is 5.32 Å². The van der Waals surface area contributed by atoms with Crippen LogP contribution in [0.15, 0.2) is 0 Å². The SMILES string of the molecule is COC(=O)[C@@H]1C[C@H](OC(C)=O)CN1. The zero-order valence-electron chi connectivity index (χ0n) is 7.70.